The van der Waals surface area contributed by atoms with Gasteiger partial charge in [-0.1, -0.05) is 32.0 Å². The summed E-state index contributed by atoms with van der Waals surface area (Å²) in [6.07, 6.45) is 1.50. The van der Waals surface area contributed by atoms with Crippen LogP contribution in [0.15, 0.2) is 24.3 Å². The number of carbonyl (C=O) groups is 1. The maximum Gasteiger partial charge on any atom is 0.320 e. The molecule has 0 bridgehead atoms. The number of carboxylic acid groups (broad SMARTS) is 1. The molecule has 0 aliphatic rings. The number of rotatable bonds is 8. The van der Waals surface area contributed by atoms with Crippen LogP contribution in [0.5, 0.6) is 5.75 Å². The van der Waals surface area contributed by atoms with Crippen molar-refractivity contribution in [3.8, 4) is 5.75 Å². The molecule has 19 heavy (non-hydrogen) atoms. The van der Waals surface area contributed by atoms with Crippen molar-refractivity contribution in [1.82, 2.24) is 5.32 Å². The summed E-state index contributed by atoms with van der Waals surface area (Å²) in [6.45, 7) is 4.70. The molecule has 2 unspecified atom stereocenters. The average Bonchev–Trinajstić information content (AvgIpc) is 2.42. The van der Waals surface area contributed by atoms with E-state index >= 15 is 0 Å². The Morgan fingerprint density at radius 3 is 2.68 bits per heavy atom. The number of hydrogen-bond acceptors (Lipinski definition) is 3. The van der Waals surface area contributed by atoms with Crippen LogP contribution in [0.3, 0.4) is 0 Å². The molecule has 1 aromatic carbocycles. The summed E-state index contributed by atoms with van der Waals surface area (Å²) in [5.41, 5.74) is 1.18. The average molecular weight is 265 g/mol. The van der Waals surface area contributed by atoms with Crippen LogP contribution in [0.1, 0.15) is 38.2 Å². The Morgan fingerprint density at radius 1 is 1.42 bits per heavy atom. The summed E-state index contributed by atoms with van der Waals surface area (Å²) in [4.78, 5) is 10.9. The fraction of sp³-hybridized carbons (Fsp3) is 0.533. The predicted octanol–water partition coefficient (Wildman–Crippen LogP) is 2.64. The molecule has 0 aliphatic heterocycles. The Hall–Kier alpha value is -1.55. The van der Waals surface area contributed by atoms with Crippen molar-refractivity contribution in [3.05, 3.63) is 29.8 Å². The Bertz CT molecular complexity index is 406. The van der Waals surface area contributed by atoms with Gasteiger partial charge in [0.05, 0.1) is 6.61 Å². The van der Waals surface area contributed by atoms with Crippen molar-refractivity contribution in [2.45, 2.75) is 38.6 Å². The van der Waals surface area contributed by atoms with E-state index in [1.807, 2.05) is 18.2 Å². The molecule has 1 rings (SSSR count). The number of carboxylic acids is 1. The van der Waals surface area contributed by atoms with Gasteiger partial charge in [-0.2, -0.15) is 0 Å². The Labute approximate surface area is 114 Å². The highest BCUT2D eigenvalue weighted by molar-refractivity contribution is 5.73. The number of para-hydroxylation sites is 1. The van der Waals surface area contributed by atoms with Crippen molar-refractivity contribution in [2.24, 2.45) is 0 Å². The summed E-state index contributed by atoms with van der Waals surface area (Å²) in [5, 5.41) is 11.7. The number of aliphatic carboxylic acids is 1. The van der Waals surface area contributed by atoms with Crippen molar-refractivity contribution in [3.63, 3.8) is 0 Å². The van der Waals surface area contributed by atoms with E-state index in [0.717, 1.165) is 12.2 Å². The summed E-state index contributed by atoms with van der Waals surface area (Å²) in [7, 11) is 1.64. The lowest BCUT2D eigenvalue weighted by Crippen LogP contribution is -2.35. The summed E-state index contributed by atoms with van der Waals surface area (Å²) < 4.78 is 5.74. The third-order valence-electron chi connectivity index (χ3n) is 3.37. The minimum absolute atomic E-state index is 0.394. The Kier molecular flexibility index (Phi) is 6.36. The van der Waals surface area contributed by atoms with E-state index in [1.165, 1.54) is 5.56 Å². The molecule has 0 saturated carbocycles. The van der Waals surface area contributed by atoms with Crippen LogP contribution in [0.4, 0.5) is 0 Å². The molecule has 2 N–H and O–H groups in total. The van der Waals surface area contributed by atoms with Gasteiger partial charge in [-0.05, 0) is 31.0 Å². The van der Waals surface area contributed by atoms with E-state index in [2.05, 4.69) is 25.2 Å². The first kappa shape index (κ1) is 15.5. The smallest absolute Gasteiger partial charge is 0.320 e. The number of ether oxygens (including phenoxy) is 1. The monoisotopic (exact) mass is 265 g/mol. The minimum Gasteiger partial charge on any atom is -0.493 e. The fourth-order valence-corrected chi connectivity index (χ4v) is 1.92. The molecule has 2 atom stereocenters. The first-order valence-corrected chi connectivity index (χ1v) is 6.71. The van der Waals surface area contributed by atoms with Crippen LogP contribution in [-0.4, -0.2) is 30.8 Å². The van der Waals surface area contributed by atoms with Gasteiger partial charge in [-0.15, -0.1) is 0 Å². The van der Waals surface area contributed by atoms with Gasteiger partial charge >= 0.3 is 5.97 Å². The maximum atomic E-state index is 10.9. The lowest BCUT2D eigenvalue weighted by Gasteiger charge is -2.17. The number of likely N-dealkylation sites (N-methyl/N-ethyl adjacent to an activating group) is 1. The van der Waals surface area contributed by atoms with Crippen LogP contribution in [0.25, 0.3) is 0 Å². The highest BCUT2D eigenvalue weighted by atomic mass is 16.5. The van der Waals surface area contributed by atoms with Crippen LogP contribution in [0.2, 0.25) is 0 Å². The second-order valence-electron chi connectivity index (χ2n) is 4.66. The van der Waals surface area contributed by atoms with Gasteiger partial charge in [0.25, 0.3) is 0 Å². The first-order chi connectivity index (χ1) is 9.10. The largest absolute Gasteiger partial charge is 0.493 e. The Balaban J connectivity index is 2.60. The molecule has 1 aromatic rings. The zero-order valence-corrected chi connectivity index (χ0v) is 11.8. The zero-order valence-electron chi connectivity index (χ0n) is 11.8. The highest BCUT2D eigenvalue weighted by Gasteiger charge is 2.15. The molecule has 0 spiro atoms. The normalized spacial score (nSPS) is 13.8. The van der Waals surface area contributed by atoms with Gasteiger partial charge in [-0.3, -0.25) is 4.79 Å². The molecular formula is C15H23NO3. The van der Waals surface area contributed by atoms with Crippen LogP contribution < -0.4 is 10.1 Å². The molecule has 4 heteroatoms. The van der Waals surface area contributed by atoms with E-state index in [0.29, 0.717) is 18.9 Å². The predicted molar refractivity (Wildman–Crippen MR) is 75.7 cm³/mol. The summed E-state index contributed by atoms with van der Waals surface area (Å²) >= 11 is 0. The lowest BCUT2D eigenvalue weighted by atomic mass is 9.98. The molecule has 0 amide bonds. The van der Waals surface area contributed by atoms with Crippen molar-refractivity contribution < 1.29 is 14.6 Å². The number of hydrogen-bond donors (Lipinski definition) is 2. The topological polar surface area (TPSA) is 58.6 Å². The standard InChI is InChI=1S/C15H23NO3/c1-4-11(2)12-7-5-6-8-14(12)19-10-9-13(16-3)15(17)18/h5-8,11,13,16H,4,9-10H2,1-3H3,(H,17,18). The van der Waals surface area contributed by atoms with E-state index in [4.69, 9.17) is 9.84 Å². The summed E-state index contributed by atoms with van der Waals surface area (Å²) in [6, 6.07) is 7.39. The van der Waals surface area contributed by atoms with Gasteiger partial charge < -0.3 is 15.2 Å². The molecule has 0 aromatic heterocycles. The van der Waals surface area contributed by atoms with Gasteiger partial charge in [0.15, 0.2) is 0 Å². The quantitative estimate of drug-likeness (QED) is 0.758. The zero-order chi connectivity index (χ0) is 14.3. The van der Waals surface area contributed by atoms with Gasteiger partial charge in [-0.25, -0.2) is 0 Å². The van der Waals surface area contributed by atoms with Crippen molar-refractivity contribution in [1.29, 1.82) is 0 Å². The lowest BCUT2D eigenvalue weighted by molar-refractivity contribution is -0.139. The highest BCUT2D eigenvalue weighted by Crippen LogP contribution is 2.28. The molecule has 0 saturated heterocycles. The molecular weight excluding hydrogens is 242 g/mol. The molecule has 4 nitrogen and oxygen atoms in total. The minimum atomic E-state index is -0.846. The Morgan fingerprint density at radius 2 is 2.11 bits per heavy atom. The van der Waals surface area contributed by atoms with E-state index in [1.54, 1.807) is 7.05 Å². The molecule has 106 valence electrons. The second-order valence-corrected chi connectivity index (χ2v) is 4.66. The van der Waals surface area contributed by atoms with Crippen molar-refractivity contribution in [2.75, 3.05) is 13.7 Å². The SMILES string of the molecule is CCC(C)c1ccccc1OCCC(NC)C(=O)O. The fourth-order valence-electron chi connectivity index (χ4n) is 1.92. The van der Waals surface area contributed by atoms with Gasteiger partial charge in [0, 0.05) is 6.42 Å². The maximum absolute atomic E-state index is 10.9. The van der Waals surface area contributed by atoms with E-state index < -0.39 is 12.0 Å². The van der Waals surface area contributed by atoms with Crippen LogP contribution >= 0.6 is 0 Å². The second kappa shape index (κ2) is 7.79. The molecule has 0 radical (unpaired) electrons. The third-order valence-corrected chi connectivity index (χ3v) is 3.37. The van der Waals surface area contributed by atoms with Crippen molar-refractivity contribution >= 4 is 5.97 Å². The van der Waals surface area contributed by atoms with Gasteiger partial charge in [0.2, 0.25) is 0 Å². The van der Waals surface area contributed by atoms with E-state index in [9.17, 15) is 4.79 Å². The molecule has 0 heterocycles. The molecule has 0 fully saturated rings. The van der Waals surface area contributed by atoms with Crippen LogP contribution in [0, 0.1) is 0 Å². The first-order valence-electron chi connectivity index (χ1n) is 6.71. The summed E-state index contributed by atoms with van der Waals surface area (Å²) in [5.74, 6) is 0.453. The van der Waals surface area contributed by atoms with Crippen LogP contribution in [-0.2, 0) is 4.79 Å². The van der Waals surface area contributed by atoms with E-state index in [-0.39, 0.29) is 0 Å². The number of nitrogens with one attached hydrogen (secondary N) is 1. The third kappa shape index (κ3) is 4.56. The van der Waals surface area contributed by atoms with Gasteiger partial charge in [0.1, 0.15) is 11.8 Å². The number of benzene rings is 1. The molecule has 0 aliphatic carbocycles.